The molecule has 2 aromatic rings. The number of esters is 1. The highest BCUT2D eigenvalue weighted by molar-refractivity contribution is 6.15. The van der Waals surface area contributed by atoms with Gasteiger partial charge in [-0.1, -0.05) is 17.3 Å². The zero-order valence-corrected chi connectivity index (χ0v) is 15.1. The first-order valence-corrected chi connectivity index (χ1v) is 8.82. The van der Waals surface area contributed by atoms with Gasteiger partial charge in [-0.15, -0.1) is 0 Å². The molecule has 140 valence electrons. The van der Waals surface area contributed by atoms with Gasteiger partial charge in [0.2, 0.25) is 11.6 Å². The Bertz CT molecular complexity index is 937. The number of hydrogen-bond acceptors (Lipinski definition) is 6. The number of aryl methyl sites for hydroxylation is 1. The van der Waals surface area contributed by atoms with Gasteiger partial charge in [-0.2, -0.15) is 0 Å². The number of aromatic nitrogens is 1. The summed E-state index contributed by atoms with van der Waals surface area (Å²) in [5.74, 6) is -0.525. The van der Waals surface area contributed by atoms with Crippen molar-refractivity contribution in [3.8, 4) is 0 Å². The second-order valence-corrected chi connectivity index (χ2v) is 6.62. The van der Waals surface area contributed by atoms with Gasteiger partial charge in [0.25, 0.3) is 5.91 Å². The van der Waals surface area contributed by atoms with Crippen LogP contribution >= 0.6 is 0 Å². The predicted octanol–water partition coefficient (Wildman–Crippen LogP) is 2.03. The fourth-order valence-electron chi connectivity index (χ4n) is 3.91. The number of hydrogen-bond donors (Lipinski definition) is 0. The van der Waals surface area contributed by atoms with Gasteiger partial charge < -0.3 is 14.2 Å². The molecule has 1 aromatic carbocycles. The smallest absolute Gasteiger partial charge is 0.354 e. The van der Waals surface area contributed by atoms with Crippen LogP contribution in [0.4, 0.5) is 5.69 Å². The van der Waals surface area contributed by atoms with Gasteiger partial charge in [-0.25, -0.2) is 4.79 Å². The van der Waals surface area contributed by atoms with Crippen molar-refractivity contribution >= 4 is 23.5 Å². The Kier molecular flexibility index (Phi) is 3.98. The lowest BCUT2D eigenvalue weighted by Gasteiger charge is -2.47. The number of fused-ring (bicyclic) bond motifs is 3. The fraction of sp³-hybridized carbons (Fsp3) is 0.368. The van der Waals surface area contributed by atoms with Crippen molar-refractivity contribution in [2.75, 3.05) is 11.4 Å². The zero-order chi connectivity index (χ0) is 19.2. The molecule has 0 saturated carbocycles. The molecule has 27 heavy (non-hydrogen) atoms. The molecule has 0 bridgehead atoms. The minimum Gasteiger partial charge on any atom is -0.456 e. The van der Waals surface area contributed by atoms with E-state index in [1.54, 1.807) is 44.2 Å². The maximum atomic E-state index is 13.2. The quantitative estimate of drug-likeness (QED) is 0.766. The Hall–Kier alpha value is -3.16. The molecule has 2 amide bonds. The Morgan fingerprint density at radius 1 is 1.33 bits per heavy atom. The molecule has 4 rings (SSSR count). The standard InChI is InChI=1S/C19H19N3O5/c1-3-21-17(24)14-6-4-5-7-15(14)22-16(23)8-9-19(21,22)18(25)26-11-13-10-12(2)27-20-13/h4-7,10H,3,8-9,11H2,1-2H3/t19-/m0/s1. The van der Waals surface area contributed by atoms with Crippen LogP contribution in [-0.2, 0) is 20.9 Å². The normalized spacial score (nSPS) is 21.3. The van der Waals surface area contributed by atoms with Crippen LogP contribution in [-0.4, -0.2) is 40.0 Å². The molecule has 0 aliphatic carbocycles. The number of carbonyl (C=O) groups excluding carboxylic acids is 3. The van der Waals surface area contributed by atoms with Crippen LogP contribution in [0.15, 0.2) is 34.9 Å². The summed E-state index contributed by atoms with van der Waals surface area (Å²) in [6, 6.07) is 8.50. The Morgan fingerprint density at radius 3 is 2.81 bits per heavy atom. The van der Waals surface area contributed by atoms with Crippen molar-refractivity contribution in [2.45, 2.75) is 39.0 Å². The largest absolute Gasteiger partial charge is 0.456 e. The number of benzene rings is 1. The number of rotatable bonds is 4. The maximum absolute atomic E-state index is 13.2. The van der Waals surface area contributed by atoms with Gasteiger partial charge in [0, 0.05) is 25.5 Å². The molecule has 1 atom stereocenters. The molecule has 2 aliphatic heterocycles. The Balaban J connectivity index is 1.74. The topological polar surface area (TPSA) is 93.0 Å². The predicted molar refractivity (Wildman–Crippen MR) is 93.6 cm³/mol. The van der Waals surface area contributed by atoms with Gasteiger partial charge in [0.15, 0.2) is 0 Å². The van der Waals surface area contributed by atoms with Gasteiger partial charge >= 0.3 is 5.97 Å². The van der Waals surface area contributed by atoms with E-state index in [1.807, 2.05) is 0 Å². The zero-order valence-electron chi connectivity index (χ0n) is 15.1. The minimum absolute atomic E-state index is 0.0899. The summed E-state index contributed by atoms with van der Waals surface area (Å²) in [4.78, 5) is 41.7. The third kappa shape index (κ3) is 2.43. The van der Waals surface area contributed by atoms with Crippen LogP contribution in [0.1, 0.15) is 41.6 Å². The van der Waals surface area contributed by atoms with Crippen LogP contribution < -0.4 is 4.90 Å². The van der Waals surface area contributed by atoms with Crippen molar-refractivity contribution in [3.05, 3.63) is 47.3 Å². The van der Waals surface area contributed by atoms with E-state index in [4.69, 9.17) is 9.26 Å². The van der Waals surface area contributed by atoms with Crippen LogP contribution in [0.25, 0.3) is 0 Å². The van der Waals surface area contributed by atoms with Crippen molar-refractivity contribution in [2.24, 2.45) is 0 Å². The van der Waals surface area contributed by atoms with Crippen molar-refractivity contribution in [1.82, 2.24) is 10.1 Å². The molecule has 1 aromatic heterocycles. The lowest BCUT2D eigenvalue weighted by atomic mass is 9.96. The summed E-state index contributed by atoms with van der Waals surface area (Å²) in [6.45, 7) is 3.70. The third-order valence-corrected chi connectivity index (χ3v) is 5.04. The average molecular weight is 369 g/mol. The second-order valence-electron chi connectivity index (χ2n) is 6.62. The highest BCUT2D eigenvalue weighted by atomic mass is 16.5. The minimum atomic E-state index is -1.46. The summed E-state index contributed by atoms with van der Waals surface area (Å²) in [7, 11) is 0. The molecule has 1 fully saturated rings. The summed E-state index contributed by atoms with van der Waals surface area (Å²) >= 11 is 0. The molecule has 8 nitrogen and oxygen atoms in total. The number of carbonyl (C=O) groups is 3. The van der Waals surface area contributed by atoms with Crippen LogP contribution in [0.5, 0.6) is 0 Å². The molecule has 3 heterocycles. The van der Waals surface area contributed by atoms with Crippen molar-refractivity contribution < 1.29 is 23.6 Å². The number of amides is 2. The molecule has 0 radical (unpaired) electrons. The van der Waals surface area contributed by atoms with Gasteiger partial charge in [-0.05, 0) is 26.0 Å². The van der Waals surface area contributed by atoms with Crippen LogP contribution in [0, 0.1) is 6.92 Å². The molecule has 1 saturated heterocycles. The molecule has 0 N–H and O–H groups in total. The highest BCUT2D eigenvalue weighted by Crippen LogP contribution is 2.45. The monoisotopic (exact) mass is 369 g/mol. The van der Waals surface area contributed by atoms with E-state index in [0.717, 1.165) is 0 Å². The first kappa shape index (κ1) is 17.3. The number of nitrogens with zero attached hydrogens (tertiary/aromatic N) is 3. The summed E-state index contributed by atoms with van der Waals surface area (Å²) < 4.78 is 10.5. The van der Waals surface area contributed by atoms with Crippen LogP contribution in [0.2, 0.25) is 0 Å². The Morgan fingerprint density at radius 2 is 2.11 bits per heavy atom. The van der Waals surface area contributed by atoms with Crippen molar-refractivity contribution in [1.29, 1.82) is 0 Å². The molecular formula is C19H19N3O5. The molecule has 0 unspecified atom stereocenters. The summed E-state index contributed by atoms with van der Waals surface area (Å²) in [5, 5.41) is 3.81. The molecular weight excluding hydrogens is 350 g/mol. The first-order valence-electron chi connectivity index (χ1n) is 8.82. The van der Waals surface area contributed by atoms with E-state index in [9.17, 15) is 14.4 Å². The van der Waals surface area contributed by atoms with E-state index in [1.165, 1.54) is 9.80 Å². The lowest BCUT2D eigenvalue weighted by Crippen LogP contribution is -2.68. The van der Waals surface area contributed by atoms with E-state index in [0.29, 0.717) is 22.7 Å². The summed E-state index contributed by atoms with van der Waals surface area (Å²) in [5.41, 5.74) is -0.136. The van der Waals surface area contributed by atoms with Crippen LogP contribution in [0.3, 0.4) is 0 Å². The third-order valence-electron chi connectivity index (χ3n) is 5.04. The number of anilines is 1. The number of ether oxygens (including phenoxy) is 1. The second kappa shape index (κ2) is 6.22. The van der Waals surface area contributed by atoms with Gasteiger partial charge in [0.05, 0.1) is 11.3 Å². The van der Waals surface area contributed by atoms with E-state index >= 15 is 0 Å². The SMILES string of the molecule is CCN1C(=O)c2ccccc2N2C(=O)CC[C@]12C(=O)OCc1cc(C)on1. The lowest BCUT2D eigenvalue weighted by molar-refractivity contribution is -0.158. The average Bonchev–Trinajstić information content (AvgIpc) is 3.24. The molecule has 2 aliphatic rings. The van der Waals surface area contributed by atoms with Crippen molar-refractivity contribution in [3.63, 3.8) is 0 Å². The maximum Gasteiger partial charge on any atom is 0.354 e. The summed E-state index contributed by atoms with van der Waals surface area (Å²) in [6.07, 6.45) is 0.354. The molecule has 8 heteroatoms. The fourth-order valence-corrected chi connectivity index (χ4v) is 3.91. The van der Waals surface area contributed by atoms with Gasteiger partial charge in [0.1, 0.15) is 18.1 Å². The van der Waals surface area contributed by atoms with Gasteiger partial charge in [-0.3, -0.25) is 14.5 Å². The molecule has 0 spiro atoms. The van der Waals surface area contributed by atoms with E-state index in [-0.39, 0.29) is 37.8 Å². The van der Waals surface area contributed by atoms with E-state index < -0.39 is 11.6 Å². The Labute approximate surface area is 155 Å². The first-order chi connectivity index (χ1) is 13.0. The highest BCUT2D eigenvalue weighted by Gasteiger charge is 2.61. The van der Waals surface area contributed by atoms with E-state index in [2.05, 4.69) is 5.16 Å². The number of para-hydroxylation sites is 1. The number of likely N-dealkylation sites (N-methyl/N-ethyl adjacent to an activating group) is 1.